The van der Waals surface area contributed by atoms with E-state index in [4.69, 9.17) is 16.3 Å². The number of carbonyl (C=O) groups excluding carboxylic acids is 1. The zero-order chi connectivity index (χ0) is 16.9. The van der Waals surface area contributed by atoms with Crippen molar-refractivity contribution in [1.82, 2.24) is 5.32 Å². The predicted molar refractivity (Wildman–Crippen MR) is 78.9 cm³/mol. The van der Waals surface area contributed by atoms with Gasteiger partial charge in [0, 0.05) is 31.2 Å². The minimum Gasteiger partial charge on any atom is -0.490 e. The second-order valence-electron chi connectivity index (χ2n) is 4.59. The number of benzene rings is 1. The van der Waals surface area contributed by atoms with Crippen LogP contribution in [0.15, 0.2) is 12.1 Å². The third-order valence-electron chi connectivity index (χ3n) is 2.99. The molecule has 9 heteroatoms. The summed E-state index contributed by atoms with van der Waals surface area (Å²) in [6.07, 6.45) is -2.60. The number of rotatable bonds is 7. The van der Waals surface area contributed by atoms with Crippen molar-refractivity contribution in [3.63, 3.8) is 0 Å². The predicted octanol–water partition coefficient (Wildman–Crippen LogP) is 1.18. The van der Waals surface area contributed by atoms with Crippen LogP contribution in [0.5, 0.6) is 5.75 Å². The topological polar surface area (TPSA) is 122 Å². The van der Waals surface area contributed by atoms with Crippen molar-refractivity contribution < 1.29 is 24.7 Å². The number of ether oxygens (including phenoxy) is 1. The van der Waals surface area contributed by atoms with Crippen LogP contribution in [0.2, 0.25) is 5.02 Å². The van der Waals surface area contributed by atoms with Crippen LogP contribution in [-0.4, -0.2) is 40.8 Å². The van der Waals surface area contributed by atoms with E-state index in [1.165, 1.54) is 20.1 Å². The maximum Gasteiger partial charge on any atom is 0.311 e. The monoisotopic (exact) mass is 332 g/mol. The molecule has 0 aliphatic heterocycles. The van der Waals surface area contributed by atoms with E-state index in [9.17, 15) is 25.1 Å². The van der Waals surface area contributed by atoms with E-state index in [1.807, 2.05) is 0 Å². The SMILES string of the molecule is COc1cc(Cl)c(C(O)C(O)CCNC(C)=O)cc1[N+](=O)[O-]. The summed E-state index contributed by atoms with van der Waals surface area (Å²) < 4.78 is 4.86. The fraction of sp³-hybridized carbons (Fsp3) is 0.462. The van der Waals surface area contributed by atoms with E-state index in [0.717, 1.165) is 6.07 Å². The molecule has 3 N–H and O–H groups in total. The van der Waals surface area contributed by atoms with Gasteiger partial charge in [0.05, 0.1) is 23.2 Å². The second kappa shape index (κ2) is 7.92. The molecule has 0 bridgehead atoms. The number of hydrogen-bond acceptors (Lipinski definition) is 6. The first-order chi connectivity index (χ1) is 10.3. The molecule has 0 aliphatic rings. The van der Waals surface area contributed by atoms with Gasteiger partial charge < -0.3 is 20.3 Å². The van der Waals surface area contributed by atoms with Gasteiger partial charge in [-0.2, -0.15) is 0 Å². The lowest BCUT2D eigenvalue weighted by atomic mass is 10.0. The summed E-state index contributed by atoms with van der Waals surface area (Å²) in [5.41, 5.74) is -0.348. The van der Waals surface area contributed by atoms with Crippen LogP contribution in [0.25, 0.3) is 0 Å². The van der Waals surface area contributed by atoms with Crippen molar-refractivity contribution in [2.24, 2.45) is 0 Å². The Morgan fingerprint density at radius 1 is 1.50 bits per heavy atom. The van der Waals surface area contributed by atoms with Gasteiger partial charge in [0.2, 0.25) is 5.91 Å². The van der Waals surface area contributed by atoms with Crippen LogP contribution >= 0.6 is 11.6 Å². The minimum atomic E-state index is -1.43. The van der Waals surface area contributed by atoms with E-state index >= 15 is 0 Å². The van der Waals surface area contributed by atoms with Crippen LogP contribution in [0.4, 0.5) is 5.69 Å². The van der Waals surface area contributed by atoms with E-state index in [2.05, 4.69) is 5.32 Å². The number of halogens is 1. The van der Waals surface area contributed by atoms with E-state index < -0.39 is 17.1 Å². The van der Waals surface area contributed by atoms with Crippen molar-refractivity contribution in [1.29, 1.82) is 0 Å². The number of nitro benzene ring substituents is 1. The Hall–Kier alpha value is -1.90. The summed E-state index contributed by atoms with van der Waals surface area (Å²) in [6.45, 7) is 1.48. The Kier molecular flexibility index (Phi) is 6.54. The normalized spacial score (nSPS) is 13.3. The van der Waals surface area contributed by atoms with E-state index in [0.29, 0.717) is 0 Å². The highest BCUT2D eigenvalue weighted by atomic mass is 35.5. The molecule has 0 fully saturated rings. The van der Waals surface area contributed by atoms with Gasteiger partial charge in [-0.1, -0.05) is 11.6 Å². The average molecular weight is 333 g/mol. The number of methoxy groups -OCH3 is 1. The largest absolute Gasteiger partial charge is 0.490 e. The molecule has 1 aromatic rings. The van der Waals surface area contributed by atoms with Gasteiger partial charge in [-0.15, -0.1) is 0 Å². The first kappa shape index (κ1) is 18.1. The maximum absolute atomic E-state index is 11.0. The van der Waals surface area contributed by atoms with Gasteiger partial charge >= 0.3 is 5.69 Å². The van der Waals surface area contributed by atoms with Crippen molar-refractivity contribution in [2.45, 2.75) is 25.6 Å². The average Bonchev–Trinajstić information content (AvgIpc) is 2.45. The first-order valence-corrected chi connectivity index (χ1v) is 6.78. The maximum atomic E-state index is 11.0. The summed E-state index contributed by atoms with van der Waals surface area (Å²) >= 11 is 5.96. The van der Waals surface area contributed by atoms with Crippen LogP contribution in [0.3, 0.4) is 0 Å². The molecule has 8 nitrogen and oxygen atoms in total. The zero-order valence-electron chi connectivity index (χ0n) is 12.1. The van der Waals surface area contributed by atoms with Gasteiger partial charge in [-0.05, 0) is 6.42 Å². The van der Waals surface area contributed by atoms with Gasteiger partial charge in [0.25, 0.3) is 0 Å². The Balaban J connectivity index is 2.97. The number of aliphatic hydroxyl groups is 2. The molecule has 0 aromatic heterocycles. The van der Waals surface area contributed by atoms with Gasteiger partial charge in [0.15, 0.2) is 5.75 Å². The molecule has 1 amide bonds. The summed E-state index contributed by atoms with van der Waals surface area (Å²) in [5.74, 6) is -0.307. The Labute approximate surface area is 131 Å². The van der Waals surface area contributed by atoms with Crippen molar-refractivity contribution in [2.75, 3.05) is 13.7 Å². The summed E-state index contributed by atoms with van der Waals surface area (Å²) in [5, 5.41) is 33.5. The molecule has 2 unspecified atom stereocenters. The van der Waals surface area contributed by atoms with Crippen molar-refractivity contribution in [3.8, 4) is 5.75 Å². The fourth-order valence-corrected chi connectivity index (χ4v) is 2.12. The highest BCUT2D eigenvalue weighted by Gasteiger charge is 2.26. The molecule has 22 heavy (non-hydrogen) atoms. The third-order valence-corrected chi connectivity index (χ3v) is 3.32. The standard InChI is InChI=1S/C13H17ClN2O6/c1-7(17)15-4-3-11(18)13(19)8-5-10(16(20)21)12(22-2)6-9(8)14/h5-6,11,13,18-19H,3-4H2,1-2H3,(H,15,17). The number of carbonyl (C=O) groups is 1. The molecular weight excluding hydrogens is 316 g/mol. The molecule has 2 atom stereocenters. The lowest BCUT2D eigenvalue weighted by Gasteiger charge is -2.19. The molecule has 122 valence electrons. The summed E-state index contributed by atoms with van der Waals surface area (Å²) in [7, 11) is 1.26. The van der Waals surface area contributed by atoms with E-state index in [-0.39, 0.29) is 40.9 Å². The molecule has 1 rings (SSSR count). The highest BCUT2D eigenvalue weighted by molar-refractivity contribution is 6.31. The van der Waals surface area contributed by atoms with Crippen LogP contribution in [-0.2, 0) is 4.79 Å². The smallest absolute Gasteiger partial charge is 0.311 e. The fourth-order valence-electron chi connectivity index (χ4n) is 1.85. The molecule has 0 radical (unpaired) electrons. The summed E-state index contributed by atoms with van der Waals surface area (Å²) in [6, 6.07) is 2.27. The minimum absolute atomic E-state index is 0.0180. The van der Waals surface area contributed by atoms with Crippen LogP contribution in [0.1, 0.15) is 25.0 Å². The molecule has 0 spiro atoms. The Bertz CT molecular complexity index is 566. The number of nitro groups is 1. The Morgan fingerprint density at radius 3 is 2.64 bits per heavy atom. The van der Waals surface area contributed by atoms with Crippen molar-refractivity contribution >= 4 is 23.2 Å². The first-order valence-electron chi connectivity index (χ1n) is 6.40. The number of aliphatic hydroxyl groups excluding tert-OH is 2. The Morgan fingerprint density at radius 2 is 2.14 bits per heavy atom. The lowest BCUT2D eigenvalue weighted by Crippen LogP contribution is -2.27. The molecule has 0 saturated heterocycles. The quantitative estimate of drug-likeness (QED) is 0.509. The van der Waals surface area contributed by atoms with Gasteiger partial charge in [-0.25, -0.2) is 0 Å². The van der Waals surface area contributed by atoms with E-state index in [1.54, 1.807) is 0 Å². The highest BCUT2D eigenvalue weighted by Crippen LogP contribution is 2.36. The van der Waals surface area contributed by atoms with Crippen LogP contribution in [0, 0.1) is 10.1 Å². The molecular formula is C13H17ClN2O6. The zero-order valence-corrected chi connectivity index (χ0v) is 12.8. The molecule has 1 aromatic carbocycles. The van der Waals surface area contributed by atoms with Gasteiger partial charge in [-0.3, -0.25) is 14.9 Å². The second-order valence-corrected chi connectivity index (χ2v) is 4.99. The number of hydrogen-bond donors (Lipinski definition) is 3. The lowest BCUT2D eigenvalue weighted by molar-refractivity contribution is -0.385. The number of nitrogens with zero attached hydrogens (tertiary/aromatic N) is 1. The van der Waals surface area contributed by atoms with Crippen LogP contribution < -0.4 is 10.1 Å². The molecule has 0 heterocycles. The van der Waals surface area contributed by atoms with Gasteiger partial charge in [0.1, 0.15) is 6.10 Å². The third kappa shape index (κ3) is 4.55. The molecule has 0 saturated carbocycles. The van der Waals surface area contributed by atoms with Crippen molar-refractivity contribution in [3.05, 3.63) is 32.8 Å². The molecule has 0 aliphatic carbocycles. The number of amides is 1. The summed E-state index contributed by atoms with van der Waals surface area (Å²) in [4.78, 5) is 21.0. The number of nitrogens with one attached hydrogen (secondary N) is 1.